The van der Waals surface area contributed by atoms with Crippen LogP contribution in [0, 0.1) is 0 Å². The van der Waals surface area contributed by atoms with Gasteiger partial charge in [0.1, 0.15) is 5.75 Å². The van der Waals surface area contributed by atoms with E-state index in [0.717, 1.165) is 0 Å². The smallest absolute Gasteiger partial charge is 0.344 e. The molecule has 0 saturated carbocycles. The Morgan fingerprint density at radius 3 is 1.62 bits per heavy atom. The Hall–Kier alpha value is -0.300. The molecule has 0 spiro atoms. The summed E-state index contributed by atoms with van der Waals surface area (Å²) >= 11 is 0. The summed E-state index contributed by atoms with van der Waals surface area (Å²) in [7, 11) is -8.87. The van der Waals surface area contributed by atoms with E-state index in [1.165, 1.54) is 0 Å². The third kappa shape index (κ3) is 18.6. The molecule has 0 aliphatic heterocycles. The highest BCUT2D eigenvalue weighted by Crippen LogP contribution is 1.88. The summed E-state index contributed by atoms with van der Waals surface area (Å²) in [4.78, 5) is 0. The standard InChI is InChI=1S/C2H6O7S2.2H3N/c3-10(4,5)2-1-9-11(6,7)8;;/h1-2H2,(H,3,4,5)(H,6,7,8);2*1H3. The van der Waals surface area contributed by atoms with Crippen LogP contribution in [0.15, 0.2) is 0 Å². The summed E-state index contributed by atoms with van der Waals surface area (Å²) in [5, 5.41) is 0. The van der Waals surface area contributed by atoms with Crippen molar-refractivity contribution in [3.05, 3.63) is 0 Å². The van der Waals surface area contributed by atoms with E-state index in [0.29, 0.717) is 0 Å². The molecule has 9 nitrogen and oxygen atoms in total. The van der Waals surface area contributed by atoms with Crippen LogP contribution in [0.4, 0.5) is 0 Å². The molecule has 8 N–H and O–H groups in total. The van der Waals surface area contributed by atoms with Crippen LogP contribution in [-0.2, 0) is 24.7 Å². The van der Waals surface area contributed by atoms with Crippen molar-refractivity contribution in [3.63, 3.8) is 0 Å². The SMILES string of the molecule is N.N.O=S(=O)(O)CCOS(=O)(=O)O. The first kappa shape index (κ1) is 18.5. The molecule has 0 radical (unpaired) electrons. The molecule has 0 saturated heterocycles. The number of hydrogen-bond acceptors (Lipinski definition) is 7. The van der Waals surface area contributed by atoms with Crippen molar-refractivity contribution in [3.8, 4) is 0 Å². The van der Waals surface area contributed by atoms with Crippen molar-refractivity contribution in [2.45, 2.75) is 0 Å². The zero-order valence-corrected chi connectivity index (χ0v) is 8.21. The zero-order chi connectivity index (χ0) is 9.12. The molecule has 0 fully saturated rings. The minimum Gasteiger partial charge on any atom is -0.344 e. The molecule has 0 aromatic heterocycles. The van der Waals surface area contributed by atoms with Crippen LogP contribution in [0.25, 0.3) is 0 Å². The van der Waals surface area contributed by atoms with Gasteiger partial charge in [0, 0.05) is 0 Å². The molecular formula is C2H12N2O7S2. The molecule has 0 rings (SSSR count). The first-order valence-electron chi connectivity index (χ1n) is 2.28. The fraction of sp³-hybridized carbons (Fsp3) is 1.00. The lowest BCUT2D eigenvalue weighted by molar-refractivity contribution is 0.282. The minimum atomic E-state index is -4.62. The van der Waals surface area contributed by atoms with Gasteiger partial charge in [-0.3, -0.25) is 9.11 Å². The predicted octanol–water partition coefficient (Wildman–Crippen LogP) is -0.982. The summed E-state index contributed by atoms with van der Waals surface area (Å²) in [5.41, 5.74) is 0. The summed E-state index contributed by atoms with van der Waals surface area (Å²) in [6.45, 7) is -0.808. The maximum absolute atomic E-state index is 9.92. The minimum absolute atomic E-state index is 0. The largest absolute Gasteiger partial charge is 0.397 e. The molecular weight excluding hydrogens is 228 g/mol. The molecule has 0 amide bonds. The van der Waals surface area contributed by atoms with E-state index in [1.807, 2.05) is 0 Å². The van der Waals surface area contributed by atoms with Crippen molar-refractivity contribution < 1.29 is 30.1 Å². The third-order valence-electron chi connectivity index (χ3n) is 0.574. The van der Waals surface area contributed by atoms with Gasteiger partial charge < -0.3 is 12.3 Å². The van der Waals surface area contributed by atoms with Crippen LogP contribution in [0.3, 0.4) is 0 Å². The zero-order valence-electron chi connectivity index (χ0n) is 6.58. The van der Waals surface area contributed by atoms with Crippen molar-refractivity contribution in [2.24, 2.45) is 0 Å². The summed E-state index contributed by atoms with van der Waals surface area (Å²) in [6, 6.07) is 0. The molecule has 84 valence electrons. The van der Waals surface area contributed by atoms with E-state index in [4.69, 9.17) is 9.11 Å². The lowest BCUT2D eigenvalue weighted by atomic mass is 10.9. The Kier molecular flexibility index (Phi) is 8.81. The topological polar surface area (TPSA) is 188 Å². The summed E-state index contributed by atoms with van der Waals surface area (Å²) < 4.78 is 58.9. The Morgan fingerprint density at radius 2 is 1.38 bits per heavy atom. The van der Waals surface area contributed by atoms with Crippen molar-refractivity contribution in [1.29, 1.82) is 0 Å². The molecule has 0 bridgehead atoms. The Bertz CT molecular complexity index is 271. The Morgan fingerprint density at radius 1 is 1.00 bits per heavy atom. The maximum atomic E-state index is 9.92. The van der Waals surface area contributed by atoms with E-state index >= 15 is 0 Å². The number of hydrogen-bond donors (Lipinski definition) is 4. The summed E-state index contributed by atoms with van der Waals surface area (Å²) in [5.74, 6) is -0.882. The fourth-order valence-electron chi connectivity index (χ4n) is 0.245. The lowest BCUT2D eigenvalue weighted by Crippen LogP contribution is -2.14. The average Bonchev–Trinajstić information content (AvgIpc) is 1.55. The van der Waals surface area contributed by atoms with Crippen LogP contribution < -0.4 is 12.3 Å². The molecule has 0 aliphatic rings. The first-order chi connectivity index (χ1) is 4.71. The van der Waals surface area contributed by atoms with Gasteiger partial charge in [0.05, 0.1) is 6.61 Å². The van der Waals surface area contributed by atoms with Gasteiger partial charge in [-0.05, 0) is 0 Å². The maximum Gasteiger partial charge on any atom is 0.397 e. The summed E-state index contributed by atoms with van der Waals surface area (Å²) in [6.07, 6.45) is 0. The monoisotopic (exact) mass is 240 g/mol. The van der Waals surface area contributed by atoms with Crippen LogP contribution in [-0.4, -0.2) is 38.3 Å². The highest BCUT2D eigenvalue weighted by atomic mass is 32.3. The molecule has 0 aromatic carbocycles. The van der Waals surface area contributed by atoms with Crippen molar-refractivity contribution in [1.82, 2.24) is 12.3 Å². The molecule has 0 aromatic rings. The first-order valence-corrected chi connectivity index (χ1v) is 5.25. The number of rotatable bonds is 4. The second kappa shape index (κ2) is 6.20. The van der Waals surface area contributed by atoms with Gasteiger partial charge in [0.2, 0.25) is 0 Å². The van der Waals surface area contributed by atoms with Crippen LogP contribution >= 0.6 is 0 Å². The average molecular weight is 240 g/mol. The van der Waals surface area contributed by atoms with E-state index in [1.54, 1.807) is 0 Å². The Labute approximate surface area is 76.0 Å². The second-order valence-electron chi connectivity index (χ2n) is 1.54. The molecule has 0 unspecified atom stereocenters. The predicted molar refractivity (Wildman–Crippen MR) is 44.0 cm³/mol. The van der Waals surface area contributed by atoms with Gasteiger partial charge in [-0.25, -0.2) is 4.18 Å². The molecule has 0 aliphatic carbocycles. The fourth-order valence-corrected chi connectivity index (χ4v) is 0.938. The van der Waals surface area contributed by atoms with E-state index in [-0.39, 0.29) is 12.3 Å². The van der Waals surface area contributed by atoms with E-state index in [2.05, 4.69) is 4.18 Å². The van der Waals surface area contributed by atoms with Crippen LogP contribution in [0.2, 0.25) is 0 Å². The van der Waals surface area contributed by atoms with E-state index in [9.17, 15) is 16.8 Å². The highest BCUT2D eigenvalue weighted by Gasteiger charge is 2.08. The van der Waals surface area contributed by atoms with Gasteiger partial charge >= 0.3 is 10.4 Å². The molecule has 13 heavy (non-hydrogen) atoms. The van der Waals surface area contributed by atoms with Crippen LogP contribution in [0.5, 0.6) is 0 Å². The second-order valence-corrected chi connectivity index (χ2v) is 4.20. The molecule has 0 heterocycles. The lowest BCUT2D eigenvalue weighted by Gasteiger charge is -1.95. The van der Waals surface area contributed by atoms with Gasteiger partial charge in [-0.15, -0.1) is 0 Å². The van der Waals surface area contributed by atoms with Gasteiger partial charge in [-0.1, -0.05) is 0 Å². The highest BCUT2D eigenvalue weighted by molar-refractivity contribution is 7.85. The van der Waals surface area contributed by atoms with E-state index < -0.39 is 32.9 Å². The van der Waals surface area contributed by atoms with Gasteiger partial charge in [0.15, 0.2) is 0 Å². The molecule has 0 atom stereocenters. The van der Waals surface area contributed by atoms with Crippen molar-refractivity contribution in [2.75, 3.05) is 12.4 Å². The van der Waals surface area contributed by atoms with Crippen molar-refractivity contribution >= 4 is 20.5 Å². The van der Waals surface area contributed by atoms with Gasteiger partial charge in [-0.2, -0.15) is 16.8 Å². The normalized spacial score (nSPS) is 11.2. The quantitative estimate of drug-likeness (QED) is 0.447. The Balaban J connectivity index is -0.000000500. The third-order valence-corrected chi connectivity index (χ3v) is 1.72. The molecule has 11 heteroatoms. The van der Waals surface area contributed by atoms with Crippen LogP contribution in [0.1, 0.15) is 0 Å². The van der Waals surface area contributed by atoms with Gasteiger partial charge in [0.25, 0.3) is 10.1 Å².